The maximum absolute atomic E-state index is 12.9. The van der Waals surface area contributed by atoms with Crippen LogP contribution in [0, 0.1) is 12.7 Å². The van der Waals surface area contributed by atoms with Gasteiger partial charge in [-0.2, -0.15) is 4.98 Å². The molecule has 0 spiro atoms. The third-order valence-corrected chi connectivity index (χ3v) is 4.98. The molecule has 3 aromatic rings. The van der Waals surface area contributed by atoms with E-state index in [-0.39, 0.29) is 17.9 Å². The van der Waals surface area contributed by atoms with Gasteiger partial charge in [-0.25, -0.2) is 17.5 Å². The van der Waals surface area contributed by atoms with Crippen molar-refractivity contribution in [3.63, 3.8) is 0 Å². The van der Waals surface area contributed by atoms with Gasteiger partial charge in [-0.05, 0) is 37.3 Å². The standard InChI is InChI=1S/C17H16FN3O3S/c1-12-3-2-4-13(11-12)17-20-16(24-21-17)9-10-19-25(22,23)15-7-5-14(18)6-8-15/h2-8,11,19H,9-10H2,1H3. The Morgan fingerprint density at radius 3 is 2.64 bits per heavy atom. The van der Waals surface area contributed by atoms with Gasteiger partial charge in [0.2, 0.25) is 21.7 Å². The van der Waals surface area contributed by atoms with E-state index in [2.05, 4.69) is 14.9 Å². The van der Waals surface area contributed by atoms with E-state index in [1.54, 1.807) is 0 Å². The number of halogens is 1. The van der Waals surface area contributed by atoms with Crippen LogP contribution in [0.4, 0.5) is 4.39 Å². The van der Waals surface area contributed by atoms with Gasteiger partial charge in [0.05, 0.1) is 4.90 Å². The third kappa shape index (κ3) is 4.28. The topological polar surface area (TPSA) is 85.1 Å². The average molecular weight is 361 g/mol. The average Bonchev–Trinajstić information content (AvgIpc) is 3.04. The maximum Gasteiger partial charge on any atom is 0.240 e. The second-order valence-electron chi connectivity index (χ2n) is 5.48. The molecule has 1 N–H and O–H groups in total. The predicted octanol–water partition coefficient (Wildman–Crippen LogP) is 2.71. The monoisotopic (exact) mass is 361 g/mol. The molecule has 6 nitrogen and oxygen atoms in total. The molecular formula is C17H16FN3O3S. The van der Waals surface area contributed by atoms with Gasteiger partial charge in [0, 0.05) is 18.5 Å². The molecule has 2 aromatic carbocycles. The molecule has 0 atom stereocenters. The van der Waals surface area contributed by atoms with Crippen LogP contribution >= 0.6 is 0 Å². The van der Waals surface area contributed by atoms with Gasteiger partial charge in [-0.15, -0.1) is 0 Å². The van der Waals surface area contributed by atoms with Crippen LogP contribution in [0.1, 0.15) is 11.5 Å². The molecular weight excluding hydrogens is 345 g/mol. The first-order valence-corrected chi connectivity index (χ1v) is 9.07. The number of aryl methyl sites for hydroxylation is 1. The highest BCUT2D eigenvalue weighted by atomic mass is 32.2. The number of aromatic nitrogens is 2. The van der Waals surface area contributed by atoms with E-state index in [4.69, 9.17) is 4.52 Å². The zero-order valence-electron chi connectivity index (χ0n) is 13.4. The van der Waals surface area contributed by atoms with Gasteiger partial charge >= 0.3 is 0 Å². The lowest BCUT2D eigenvalue weighted by atomic mass is 10.1. The Morgan fingerprint density at radius 2 is 1.92 bits per heavy atom. The first kappa shape index (κ1) is 17.2. The molecule has 0 radical (unpaired) electrons. The van der Waals surface area contributed by atoms with Crippen LogP contribution in [0.3, 0.4) is 0 Å². The highest BCUT2D eigenvalue weighted by Gasteiger charge is 2.15. The SMILES string of the molecule is Cc1cccc(-c2noc(CCNS(=O)(=O)c3ccc(F)cc3)n2)c1. The molecule has 0 amide bonds. The number of nitrogens with zero attached hydrogens (tertiary/aromatic N) is 2. The molecule has 1 heterocycles. The van der Waals surface area contributed by atoms with Crippen LogP contribution in [0.15, 0.2) is 57.9 Å². The summed E-state index contributed by atoms with van der Waals surface area (Å²) in [6.07, 6.45) is 0.249. The summed E-state index contributed by atoms with van der Waals surface area (Å²) in [7, 11) is -3.70. The molecule has 0 saturated carbocycles. The zero-order chi connectivity index (χ0) is 17.9. The summed E-state index contributed by atoms with van der Waals surface area (Å²) in [5.74, 6) is 0.298. The Bertz CT molecular complexity index is 969. The lowest BCUT2D eigenvalue weighted by Crippen LogP contribution is -2.26. The highest BCUT2D eigenvalue weighted by molar-refractivity contribution is 7.89. The zero-order valence-corrected chi connectivity index (χ0v) is 14.3. The minimum Gasteiger partial charge on any atom is -0.339 e. The summed E-state index contributed by atoms with van der Waals surface area (Å²) >= 11 is 0. The van der Waals surface area contributed by atoms with E-state index in [1.165, 1.54) is 12.1 Å². The summed E-state index contributed by atoms with van der Waals surface area (Å²) in [6, 6.07) is 12.3. The van der Waals surface area contributed by atoms with Crippen molar-refractivity contribution in [1.29, 1.82) is 0 Å². The number of hydrogen-bond donors (Lipinski definition) is 1. The van der Waals surface area contributed by atoms with Crippen LogP contribution in [0.2, 0.25) is 0 Å². The van der Waals surface area contributed by atoms with Crippen molar-refractivity contribution in [3.05, 3.63) is 65.8 Å². The van der Waals surface area contributed by atoms with Crippen LogP contribution in [0.5, 0.6) is 0 Å². The Labute approximate surface area is 144 Å². The molecule has 3 rings (SSSR count). The largest absolute Gasteiger partial charge is 0.339 e. The van der Waals surface area contributed by atoms with Gasteiger partial charge in [0.25, 0.3) is 0 Å². The smallest absolute Gasteiger partial charge is 0.240 e. The van der Waals surface area contributed by atoms with E-state index >= 15 is 0 Å². The summed E-state index contributed by atoms with van der Waals surface area (Å²) in [6.45, 7) is 2.06. The Morgan fingerprint density at radius 1 is 1.16 bits per heavy atom. The van der Waals surface area contributed by atoms with Gasteiger partial charge in [-0.1, -0.05) is 28.9 Å². The first-order valence-electron chi connectivity index (χ1n) is 7.59. The minimum absolute atomic E-state index is 0.000112. The number of nitrogens with one attached hydrogen (secondary N) is 1. The quantitative estimate of drug-likeness (QED) is 0.730. The second kappa shape index (κ2) is 7.12. The van der Waals surface area contributed by atoms with Crippen molar-refractivity contribution in [2.24, 2.45) is 0 Å². The number of rotatable bonds is 6. The van der Waals surface area contributed by atoms with Gasteiger partial charge < -0.3 is 4.52 Å². The fraction of sp³-hybridized carbons (Fsp3) is 0.176. The molecule has 130 valence electrons. The maximum atomic E-state index is 12.9. The summed E-state index contributed by atoms with van der Waals surface area (Å²) < 4.78 is 44.6. The van der Waals surface area contributed by atoms with E-state index < -0.39 is 15.8 Å². The Balaban J connectivity index is 1.62. The van der Waals surface area contributed by atoms with Crippen molar-refractivity contribution >= 4 is 10.0 Å². The molecule has 0 unspecified atom stereocenters. The number of benzene rings is 2. The fourth-order valence-electron chi connectivity index (χ4n) is 2.25. The van der Waals surface area contributed by atoms with Crippen molar-refractivity contribution < 1.29 is 17.3 Å². The van der Waals surface area contributed by atoms with Gasteiger partial charge in [-0.3, -0.25) is 0 Å². The normalized spacial score (nSPS) is 11.6. The van der Waals surface area contributed by atoms with Gasteiger partial charge in [0.1, 0.15) is 5.82 Å². The third-order valence-electron chi connectivity index (χ3n) is 3.50. The minimum atomic E-state index is -3.70. The van der Waals surface area contributed by atoms with Crippen molar-refractivity contribution in [3.8, 4) is 11.4 Å². The molecule has 0 fully saturated rings. The van der Waals surface area contributed by atoms with Crippen molar-refractivity contribution in [1.82, 2.24) is 14.9 Å². The molecule has 0 aliphatic carbocycles. The lowest BCUT2D eigenvalue weighted by molar-refractivity contribution is 0.379. The van der Waals surface area contributed by atoms with E-state index in [0.717, 1.165) is 23.3 Å². The summed E-state index contributed by atoms with van der Waals surface area (Å²) in [4.78, 5) is 4.26. The first-order chi connectivity index (χ1) is 11.9. The molecule has 0 bridgehead atoms. The van der Waals surface area contributed by atoms with Crippen LogP contribution < -0.4 is 4.72 Å². The number of hydrogen-bond acceptors (Lipinski definition) is 5. The molecule has 8 heteroatoms. The van der Waals surface area contributed by atoms with Crippen LogP contribution in [-0.4, -0.2) is 25.1 Å². The van der Waals surface area contributed by atoms with E-state index in [0.29, 0.717) is 11.7 Å². The Kier molecular flexibility index (Phi) is 4.91. The molecule has 25 heavy (non-hydrogen) atoms. The van der Waals surface area contributed by atoms with E-state index in [1.807, 2.05) is 31.2 Å². The van der Waals surface area contributed by atoms with Gasteiger partial charge in [0.15, 0.2) is 0 Å². The molecule has 0 saturated heterocycles. The summed E-state index contributed by atoms with van der Waals surface area (Å²) in [5.41, 5.74) is 1.91. The number of sulfonamides is 1. The van der Waals surface area contributed by atoms with Crippen LogP contribution in [-0.2, 0) is 16.4 Å². The fourth-order valence-corrected chi connectivity index (χ4v) is 3.28. The summed E-state index contributed by atoms with van der Waals surface area (Å²) in [5, 5.41) is 3.91. The molecule has 0 aliphatic heterocycles. The van der Waals surface area contributed by atoms with Crippen molar-refractivity contribution in [2.75, 3.05) is 6.54 Å². The highest BCUT2D eigenvalue weighted by Crippen LogP contribution is 2.17. The predicted molar refractivity (Wildman–Crippen MR) is 89.8 cm³/mol. The Hall–Kier alpha value is -2.58. The van der Waals surface area contributed by atoms with Crippen LogP contribution in [0.25, 0.3) is 11.4 Å². The molecule has 0 aliphatic rings. The van der Waals surface area contributed by atoms with Crippen molar-refractivity contribution in [2.45, 2.75) is 18.2 Å². The lowest BCUT2D eigenvalue weighted by Gasteiger charge is -2.05. The molecule has 1 aromatic heterocycles. The van der Waals surface area contributed by atoms with E-state index in [9.17, 15) is 12.8 Å². The second-order valence-corrected chi connectivity index (χ2v) is 7.25.